The van der Waals surface area contributed by atoms with Crippen LogP contribution in [-0.4, -0.2) is 30.7 Å². The van der Waals surface area contributed by atoms with E-state index in [0.717, 1.165) is 6.07 Å². The summed E-state index contributed by atoms with van der Waals surface area (Å²) in [5.41, 5.74) is 0.287. The van der Waals surface area contributed by atoms with Crippen LogP contribution in [0.1, 0.15) is 24.1 Å². The molecule has 10 heteroatoms. The summed E-state index contributed by atoms with van der Waals surface area (Å²) in [6.07, 6.45) is 2.53. The molecular formula is C15H15F2N5O2S. The van der Waals surface area contributed by atoms with Gasteiger partial charge in [-0.3, -0.25) is 0 Å². The molecule has 0 radical (unpaired) electrons. The summed E-state index contributed by atoms with van der Waals surface area (Å²) in [6.45, 7) is 1.27. The highest BCUT2D eigenvalue weighted by atomic mass is 32.2. The Morgan fingerprint density at radius 3 is 2.52 bits per heavy atom. The van der Waals surface area contributed by atoms with Crippen molar-refractivity contribution in [3.05, 3.63) is 53.4 Å². The van der Waals surface area contributed by atoms with E-state index in [1.54, 1.807) is 0 Å². The van der Waals surface area contributed by atoms with Gasteiger partial charge in [-0.25, -0.2) is 31.9 Å². The van der Waals surface area contributed by atoms with Crippen LogP contribution >= 0.6 is 0 Å². The average molecular weight is 367 g/mol. The van der Waals surface area contributed by atoms with E-state index in [0.29, 0.717) is 6.07 Å². The highest BCUT2D eigenvalue weighted by Gasteiger charge is 2.20. The summed E-state index contributed by atoms with van der Waals surface area (Å²) in [6, 6.07) is 3.97. The maximum Gasteiger partial charge on any atom is 0.223 e. The normalized spacial score (nSPS) is 12.4. The van der Waals surface area contributed by atoms with Gasteiger partial charge >= 0.3 is 0 Å². The SMILES string of the molecule is CCS(=O)(=O)NCC(Nc1ncc(C#N)cn1)c1ccc(F)cc1F. The molecule has 0 spiro atoms. The van der Waals surface area contributed by atoms with Crippen molar-refractivity contribution in [2.45, 2.75) is 13.0 Å². The Hall–Kier alpha value is -2.64. The standard InChI is InChI=1S/C15H15F2N5O2S/c1-2-25(23,24)21-9-14(12-4-3-11(16)5-13(12)17)22-15-19-7-10(6-18)8-20-15/h3-5,7-8,14,21H,2,9H2,1H3,(H,19,20,22). The van der Waals surface area contributed by atoms with Gasteiger partial charge in [-0.1, -0.05) is 6.07 Å². The molecule has 2 N–H and O–H groups in total. The highest BCUT2D eigenvalue weighted by Crippen LogP contribution is 2.21. The van der Waals surface area contributed by atoms with Crippen molar-refractivity contribution < 1.29 is 17.2 Å². The molecule has 0 aliphatic heterocycles. The maximum atomic E-state index is 14.1. The molecule has 1 atom stereocenters. The molecule has 0 saturated heterocycles. The highest BCUT2D eigenvalue weighted by molar-refractivity contribution is 7.89. The lowest BCUT2D eigenvalue weighted by Gasteiger charge is -2.20. The fourth-order valence-corrected chi connectivity index (χ4v) is 2.58. The zero-order valence-corrected chi connectivity index (χ0v) is 14.0. The number of nitrogens with one attached hydrogen (secondary N) is 2. The van der Waals surface area contributed by atoms with Crippen molar-refractivity contribution in [1.29, 1.82) is 5.26 Å². The molecule has 0 aliphatic carbocycles. The van der Waals surface area contributed by atoms with E-state index in [1.165, 1.54) is 25.4 Å². The second-order valence-electron chi connectivity index (χ2n) is 5.02. The van der Waals surface area contributed by atoms with Gasteiger partial charge in [-0.05, 0) is 13.0 Å². The van der Waals surface area contributed by atoms with Crippen LogP contribution in [0.2, 0.25) is 0 Å². The van der Waals surface area contributed by atoms with Crippen LogP contribution in [0.4, 0.5) is 14.7 Å². The first kappa shape index (κ1) is 18.7. The second-order valence-corrected chi connectivity index (χ2v) is 7.12. The van der Waals surface area contributed by atoms with Crippen molar-refractivity contribution in [2.75, 3.05) is 17.6 Å². The predicted molar refractivity (Wildman–Crippen MR) is 86.9 cm³/mol. The van der Waals surface area contributed by atoms with Gasteiger partial charge in [0.1, 0.15) is 17.7 Å². The predicted octanol–water partition coefficient (Wildman–Crippen LogP) is 1.72. The van der Waals surface area contributed by atoms with Crippen LogP contribution in [0.15, 0.2) is 30.6 Å². The molecule has 7 nitrogen and oxygen atoms in total. The summed E-state index contributed by atoms with van der Waals surface area (Å²) in [7, 11) is -3.52. The molecule has 1 aromatic heterocycles. The second kappa shape index (κ2) is 7.96. The first-order valence-corrected chi connectivity index (χ1v) is 8.91. The van der Waals surface area contributed by atoms with Crippen molar-refractivity contribution in [1.82, 2.24) is 14.7 Å². The van der Waals surface area contributed by atoms with Gasteiger partial charge in [-0.15, -0.1) is 0 Å². The number of anilines is 1. The summed E-state index contributed by atoms with van der Waals surface area (Å²) < 4.78 is 52.8. The van der Waals surface area contributed by atoms with E-state index in [2.05, 4.69) is 20.0 Å². The zero-order valence-electron chi connectivity index (χ0n) is 13.2. The Labute approximate surface area is 143 Å². The smallest absolute Gasteiger partial charge is 0.223 e. The van der Waals surface area contributed by atoms with Gasteiger partial charge in [0.25, 0.3) is 0 Å². The Kier molecular flexibility index (Phi) is 5.95. The van der Waals surface area contributed by atoms with Crippen molar-refractivity contribution in [2.24, 2.45) is 0 Å². The summed E-state index contributed by atoms with van der Waals surface area (Å²) >= 11 is 0. The third kappa shape index (κ3) is 5.17. The minimum atomic E-state index is -3.52. The van der Waals surface area contributed by atoms with E-state index in [1.807, 2.05) is 6.07 Å². The largest absolute Gasteiger partial charge is 0.346 e. The van der Waals surface area contributed by atoms with Crippen molar-refractivity contribution in [3.8, 4) is 6.07 Å². The fourth-order valence-electron chi connectivity index (χ4n) is 1.95. The first-order chi connectivity index (χ1) is 11.8. The van der Waals surface area contributed by atoms with E-state index < -0.39 is 27.7 Å². The topological polar surface area (TPSA) is 108 Å². The molecule has 0 bridgehead atoms. The fraction of sp³-hybridized carbons (Fsp3) is 0.267. The molecule has 0 amide bonds. The van der Waals surface area contributed by atoms with Crippen LogP contribution in [0, 0.1) is 23.0 Å². The van der Waals surface area contributed by atoms with Gasteiger partial charge in [0.05, 0.1) is 29.8 Å². The van der Waals surface area contributed by atoms with Gasteiger partial charge in [0.15, 0.2) is 0 Å². The molecule has 0 fully saturated rings. The molecule has 1 aromatic carbocycles. The Morgan fingerprint density at radius 2 is 1.96 bits per heavy atom. The number of hydrogen-bond donors (Lipinski definition) is 2. The van der Waals surface area contributed by atoms with Gasteiger partial charge in [0.2, 0.25) is 16.0 Å². The van der Waals surface area contributed by atoms with Crippen molar-refractivity contribution >= 4 is 16.0 Å². The lowest BCUT2D eigenvalue weighted by atomic mass is 10.1. The molecule has 0 saturated carbocycles. The first-order valence-electron chi connectivity index (χ1n) is 7.25. The number of halogens is 2. The quantitative estimate of drug-likeness (QED) is 0.771. The van der Waals surface area contributed by atoms with Crippen molar-refractivity contribution in [3.63, 3.8) is 0 Å². The van der Waals surface area contributed by atoms with Gasteiger partial charge in [0, 0.05) is 18.2 Å². The number of hydrogen-bond acceptors (Lipinski definition) is 6. The summed E-state index contributed by atoms with van der Waals surface area (Å²) in [5.74, 6) is -1.65. The minimum absolute atomic E-state index is 0.0492. The van der Waals surface area contributed by atoms with E-state index in [9.17, 15) is 17.2 Å². The van der Waals surface area contributed by atoms with Crippen LogP contribution in [0.25, 0.3) is 0 Å². The molecule has 1 unspecified atom stereocenters. The monoisotopic (exact) mass is 367 g/mol. The van der Waals surface area contributed by atoms with E-state index >= 15 is 0 Å². The van der Waals surface area contributed by atoms with E-state index in [4.69, 9.17) is 5.26 Å². The Morgan fingerprint density at radius 1 is 1.28 bits per heavy atom. The number of benzene rings is 1. The Balaban J connectivity index is 2.28. The van der Waals surface area contributed by atoms with Gasteiger partial charge in [-0.2, -0.15) is 5.26 Å². The lowest BCUT2D eigenvalue weighted by molar-refractivity contribution is 0.550. The van der Waals surface area contributed by atoms with Crippen LogP contribution in [0.3, 0.4) is 0 Å². The zero-order chi connectivity index (χ0) is 18.4. The van der Waals surface area contributed by atoms with Crippen LogP contribution < -0.4 is 10.0 Å². The number of aromatic nitrogens is 2. The maximum absolute atomic E-state index is 14.1. The number of nitrogens with zero attached hydrogens (tertiary/aromatic N) is 3. The van der Waals surface area contributed by atoms with Gasteiger partial charge < -0.3 is 5.32 Å². The minimum Gasteiger partial charge on any atom is -0.346 e. The lowest BCUT2D eigenvalue weighted by Crippen LogP contribution is -2.33. The Bertz CT molecular complexity index is 882. The van der Waals surface area contributed by atoms with Crippen LogP contribution in [-0.2, 0) is 10.0 Å². The molecule has 132 valence electrons. The molecular weight excluding hydrogens is 352 g/mol. The third-order valence-electron chi connectivity index (χ3n) is 3.31. The molecule has 25 heavy (non-hydrogen) atoms. The number of rotatable bonds is 7. The summed E-state index contributed by atoms with van der Waals surface area (Å²) in [4.78, 5) is 7.82. The molecule has 1 heterocycles. The molecule has 0 aliphatic rings. The average Bonchev–Trinajstić information content (AvgIpc) is 2.59. The third-order valence-corrected chi connectivity index (χ3v) is 4.68. The molecule has 2 aromatic rings. The molecule has 2 rings (SSSR count). The number of sulfonamides is 1. The summed E-state index contributed by atoms with van der Waals surface area (Å²) in [5, 5.41) is 11.5. The number of nitriles is 1. The van der Waals surface area contributed by atoms with E-state index in [-0.39, 0.29) is 29.4 Å². The van der Waals surface area contributed by atoms with Crippen LogP contribution in [0.5, 0.6) is 0 Å².